The Morgan fingerprint density at radius 2 is 2.00 bits per heavy atom. The van der Waals surface area contributed by atoms with E-state index in [1.54, 1.807) is 12.1 Å². The lowest BCUT2D eigenvalue weighted by Gasteiger charge is -2.19. The Bertz CT molecular complexity index is 407. The maximum absolute atomic E-state index is 12.8. The molecule has 0 aliphatic heterocycles. The first-order valence-electron chi connectivity index (χ1n) is 5.61. The van der Waals surface area contributed by atoms with Crippen LogP contribution in [0.25, 0.3) is 0 Å². The van der Waals surface area contributed by atoms with Crippen LogP contribution in [0.2, 0.25) is 0 Å². The summed E-state index contributed by atoms with van der Waals surface area (Å²) in [5.41, 5.74) is 6.04. The molecule has 0 bridgehead atoms. The molecule has 2 amide bonds. The van der Waals surface area contributed by atoms with Crippen molar-refractivity contribution >= 4 is 6.03 Å². The summed E-state index contributed by atoms with van der Waals surface area (Å²) in [6.07, 6.45) is 2.23. The molecule has 0 unspecified atom stereocenters. The summed E-state index contributed by atoms with van der Waals surface area (Å²) in [4.78, 5) is 10.8. The van der Waals surface area contributed by atoms with E-state index in [2.05, 4.69) is 0 Å². The van der Waals surface area contributed by atoms with Gasteiger partial charge in [-0.25, -0.2) is 14.2 Å². The highest BCUT2D eigenvalue weighted by Gasteiger charge is 2.31. The van der Waals surface area contributed by atoms with Crippen molar-refractivity contribution in [3.63, 3.8) is 0 Å². The fraction of sp³-hybridized carbons (Fsp3) is 0.417. The number of benzene rings is 1. The quantitative estimate of drug-likeness (QED) is 0.613. The molecule has 1 aliphatic carbocycles. The number of amides is 2. The van der Waals surface area contributed by atoms with E-state index in [9.17, 15) is 14.4 Å². The molecule has 0 radical (unpaired) electrons. The molecule has 92 valence electrons. The molecule has 0 saturated heterocycles. The molecule has 0 heterocycles. The number of rotatable bonds is 2. The van der Waals surface area contributed by atoms with Gasteiger partial charge in [0.25, 0.3) is 0 Å². The van der Waals surface area contributed by atoms with Crippen molar-refractivity contribution in [1.29, 1.82) is 0 Å². The Labute approximate surface area is 98.8 Å². The van der Waals surface area contributed by atoms with Crippen LogP contribution in [-0.2, 0) is 0 Å². The zero-order chi connectivity index (χ0) is 12.4. The fourth-order valence-corrected chi connectivity index (χ4v) is 2.40. The minimum absolute atomic E-state index is 0.234. The number of nitrogens with zero attached hydrogens (tertiary/aromatic N) is 1. The van der Waals surface area contributed by atoms with E-state index in [0.717, 1.165) is 12.0 Å². The summed E-state index contributed by atoms with van der Waals surface area (Å²) in [6, 6.07) is 5.28. The summed E-state index contributed by atoms with van der Waals surface area (Å²) in [5, 5.41) is 10.0. The van der Waals surface area contributed by atoms with E-state index in [0.29, 0.717) is 17.9 Å². The fourth-order valence-electron chi connectivity index (χ4n) is 2.40. The van der Waals surface area contributed by atoms with Gasteiger partial charge in [0.2, 0.25) is 0 Å². The van der Waals surface area contributed by atoms with Crippen LogP contribution in [0.4, 0.5) is 9.18 Å². The highest BCUT2D eigenvalue weighted by Crippen LogP contribution is 2.36. The molecule has 1 aromatic rings. The maximum Gasteiger partial charge on any atom is 0.338 e. The van der Waals surface area contributed by atoms with Crippen molar-refractivity contribution in [3.05, 3.63) is 35.6 Å². The second-order valence-corrected chi connectivity index (χ2v) is 4.40. The van der Waals surface area contributed by atoms with E-state index in [4.69, 9.17) is 5.73 Å². The van der Waals surface area contributed by atoms with Crippen molar-refractivity contribution in [1.82, 2.24) is 5.06 Å². The van der Waals surface area contributed by atoms with Gasteiger partial charge in [-0.2, -0.15) is 0 Å². The van der Waals surface area contributed by atoms with Gasteiger partial charge in [0, 0.05) is 0 Å². The third-order valence-electron chi connectivity index (χ3n) is 3.32. The molecule has 1 fully saturated rings. The minimum Gasteiger partial charge on any atom is -0.350 e. The lowest BCUT2D eigenvalue weighted by atomic mass is 9.97. The van der Waals surface area contributed by atoms with Gasteiger partial charge in [0.05, 0.1) is 6.04 Å². The smallest absolute Gasteiger partial charge is 0.338 e. The zero-order valence-corrected chi connectivity index (χ0v) is 9.34. The van der Waals surface area contributed by atoms with Gasteiger partial charge < -0.3 is 5.73 Å². The Morgan fingerprint density at radius 3 is 2.59 bits per heavy atom. The number of nitrogens with two attached hydrogens (primary N) is 1. The molecule has 2 rings (SSSR count). The first-order chi connectivity index (χ1) is 8.08. The van der Waals surface area contributed by atoms with E-state index in [-0.39, 0.29) is 17.8 Å². The highest BCUT2D eigenvalue weighted by atomic mass is 19.1. The monoisotopic (exact) mass is 238 g/mol. The van der Waals surface area contributed by atoms with Gasteiger partial charge in [0.15, 0.2) is 0 Å². The second kappa shape index (κ2) is 4.71. The van der Waals surface area contributed by atoms with Gasteiger partial charge in [0.1, 0.15) is 5.82 Å². The molecule has 4 nitrogen and oxygen atoms in total. The van der Waals surface area contributed by atoms with Gasteiger partial charge in [-0.3, -0.25) is 5.21 Å². The highest BCUT2D eigenvalue weighted by molar-refractivity contribution is 5.70. The SMILES string of the molecule is NC(=O)N(O)[C@H]1CC[C@H](c2ccc(F)cc2)C1. The molecule has 0 spiro atoms. The predicted molar refractivity (Wildman–Crippen MR) is 60.0 cm³/mol. The lowest BCUT2D eigenvalue weighted by Crippen LogP contribution is -2.39. The number of halogens is 1. The van der Waals surface area contributed by atoms with E-state index in [1.165, 1.54) is 12.1 Å². The molecule has 1 aliphatic rings. The first-order valence-corrected chi connectivity index (χ1v) is 5.61. The number of carbonyl (C=O) groups excluding carboxylic acids is 1. The lowest BCUT2D eigenvalue weighted by molar-refractivity contribution is -0.0730. The van der Waals surface area contributed by atoms with Crippen molar-refractivity contribution in [2.45, 2.75) is 31.2 Å². The van der Waals surface area contributed by atoms with Gasteiger partial charge in [-0.05, 0) is 42.9 Å². The number of carbonyl (C=O) groups is 1. The number of hydrogen-bond donors (Lipinski definition) is 2. The average molecular weight is 238 g/mol. The largest absolute Gasteiger partial charge is 0.350 e. The Kier molecular flexibility index (Phi) is 3.28. The number of primary amides is 1. The van der Waals surface area contributed by atoms with Crippen LogP contribution in [0.5, 0.6) is 0 Å². The van der Waals surface area contributed by atoms with E-state index >= 15 is 0 Å². The third kappa shape index (κ3) is 2.55. The van der Waals surface area contributed by atoms with Gasteiger partial charge in [-0.1, -0.05) is 12.1 Å². The summed E-state index contributed by atoms with van der Waals surface area (Å²) >= 11 is 0. The van der Waals surface area contributed by atoms with Gasteiger partial charge >= 0.3 is 6.03 Å². The number of hydroxylamine groups is 2. The minimum atomic E-state index is -0.824. The maximum atomic E-state index is 12.8. The predicted octanol–water partition coefficient (Wildman–Crippen LogP) is 2.23. The molecule has 1 aromatic carbocycles. The molecular formula is C12H15FN2O2. The second-order valence-electron chi connectivity index (χ2n) is 4.40. The van der Waals surface area contributed by atoms with Gasteiger partial charge in [-0.15, -0.1) is 0 Å². The summed E-state index contributed by atoms with van der Waals surface area (Å²) < 4.78 is 12.8. The first kappa shape index (κ1) is 11.9. The van der Waals surface area contributed by atoms with E-state index in [1.807, 2.05) is 0 Å². The molecule has 2 atom stereocenters. The average Bonchev–Trinajstić information content (AvgIpc) is 2.78. The van der Waals surface area contributed by atoms with Crippen LogP contribution >= 0.6 is 0 Å². The molecular weight excluding hydrogens is 223 g/mol. The summed E-state index contributed by atoms with van der Waals surface area (Å²) in [7, 11) is 0. The van der Waals surface area contributed by atoms with Crippen LogP contribution < -0.4 is 5.73 Å². The molecule has 1 saturated carbocycles. The third-order valence-corrected chi connectivity index (χ3v) is 3.32. The van der Waals surface area contributed by atoms with Crippen molar-refractivity contribution < 1.29 is 14.4 Å². The van der Waals surface area contributed by atoms with Crippen molar-refractivity contribution in [2.24, 2.45) is 5.73 Å². The van der Waals surface area contributed by atoms with Crippen LogP contribution in [0.1, 0.15) is 30.7 Å². The standard InChI is InChI=1S/C12H15FN2O2/c13-10-4-1-8(2-5-10)9-3-6-11(7-9)15(17)12(14)16/h1-2,4-5,9,11,17H,3,6-7H2,(H2,14,16)/t9-,11-/m0/s1. The summed E-state index contributed by atoms with van der Waals surface area (Å²) in [5.74, 6) is -0.0150. The van der Waals surface area contributed by atoms with Crippen LogP contribution in [0.3, 0.4) is 0 Å². The molecule has 3 N–H and O–H groups in total. The van der Waals surface area contributed by atoms with Crippen molar-refractivity contribution in [3.8, 4) is 0 Å². The molecule has 17 heavy (non-hydrogen) atoms. The van der Waals surface area contributed by atoms with Crippen molar-refractivity contribution in [2.75, 3.05) is 0 Å². The van der Waals surface area contributed by atoms with Crippen LogP contribution in [0.15, 0.2) is 24.3 Å². The zero-order valence-electron chi connectivity index (χ0n) is 9.34. The molecule has 0 aromatic heterocycles. The summed E-state index contributed by atoms with van der Waals surface area (Å²) in [6.45, 7) is 0. The normalized spacial score (nSPS) is 23.6. The Balaban J connectivity index is 2.02. The topological polar surface area (TPSA) is 66.6 Å². The number of hydrogen-bond acceptors (Lipinski definition) is 2. The number of urea groups is 1. The van der Waals surface area contributed by atoms with Crippen LogP contribution in [-0.4, -0.2) is 22.3 Å². The van der Waals surface area contributed by atoms with Crippen LogP contribution in [0, 0.1) is 5.82 Å². The Morgan fingerprint density at radius 1 is 1.35 bits per heavy atom. The Hall–Kier alpha value is -1.62. The van der Waals surface area contributed by atoms with E-state index < -0.39 is 6.03 Å². The molecule has 5 heteroatoms.